The van der Waals surface area contributed by atoms with Crippen molar-refractivity contribution in [3.05, 3.63) is 57.7 Å². The van der Waals surface area contributed by atoms with Crippen molar-refractivity contribution >= 4 is 23.1 Å². The Hall–Kier alpha value is -2.36. The molecule has 0 fully saturated rings. The summed E-state index contributed by atoms with van der Waals surface area (Å²) in [6, 6.07) is 13.7. The van der Waals surface area contributed by atoms with E-state index in [2.05, 4.69) is 9.97 Å². The van der Waals surface area contributed by atoms with Crippen molar-refractivity contribution in [1.29, 1.82) is 5.26 Å². The number of rotatable bonds is 3. The van der Waals surface area contributed by atoms with Crippen molar-refractivity contribution in [3.8, 4) is 27.8 Å². The molecule has 0 aliphatic heterocycles. The molecule has 1 aromatic carbocycles. The highest BCUT2D eigenvalue weighted by molar-refractivity contribution is 7.98. The van der Waals surface area contributed by atoms with E-state index in [4.69, 9.17) is 0 Å². The van der Waals surface area contributed by atoms with E-state index in [0.29, 0.717) is 10.9 Å². The molecule has 0 unspecified atom stereocenters. The van der Waals surface area contributed by atoms with Crippen molar-refractivity contribution in [3.63, 3.8) is 0 Å². The number of thiophene rings is 1. The lowest BCUT2D eigenvalue weighted by Crippen LogP contribution is -2.14. The number of nitriles is 1. The third-order valence-corrected chi connectivity index (χ3v) is 4.64. The summed E-state index contributed by atoms with van der Waals surface area (Å²) in [5.41, 5.74) is 1.88. The monoisotopic (exact) mass is 325 g/mol. The van der Waals surface area contributed by atoms with Crippen LogP contribution in [0.25, 0.3) is 21.7 Å². The van der Waals surface area contributed by atoms with Crippen molar-refractivity contribution in [2.75, 3.05) is 6.26 Å². The molecule has 1 N–H and O–H groups in total. The van der Waals surface area contributed by atoms with Crippen molar-refractivity contribution in [1.82, 2.24) is 9.97 Å². The second kappa shape index (κ2) is 6.18. The molecule has 2 aromatic heterocycles. The fourth-order valence-electron chi connectivity index (χ4n) is 2.12. The van der Waals surface area contributed by atoms with Crippen molar-refractivity contribution < 1.29 is 0 Å². The minimum Gasteiger partial charge on any atom is -0.300 e. The lowest BCUT2D eigenvalue weighted by atomic mass is 10.0. The molecule has 0 saturated heterocycles. The smallest absolute Gasteiger partial charge is 0.270 e. The number of hydrogen-bond donors (Lipinski definition) is 1. The van der Waals surface area contributed by atoms with Crippen LogP contribution in [0.2, 0.25) is 0 Å². The number of aromatic amines is 1. The number of H-pyrrole nitrogens is 1. The molecule has 0 amide bonds. The third-order valence-electron chi connectivity index (χ3n) is 3.14. The second-order valence-corrected chi connectivity index (χ2v) is 6.21. The molecule has 0 spiro atoms. The zero-order valence-electron chi connectivity index (χ0n) is 11.7. The Kier molecular flexibility index (Phi) is 4.09. The van der Waals surface area contributed by atoms with Crippen LogP contribution in [0.4, 0.5) is 0 Å². The highest BCUT2D eigenvalue weighted by Gasteiger charge is 2.13. The van der Waals surface area contributed by atoms with Gasteiger partial charge in [0.2, 0.25) is 0 Å². The summed E-state index contributed by atoms with van der Waals surface area (Å²) in [5.74, 6) is 0. The van der Waals surface area contributed by atoms with Crippen LogP contribution in [0.5, 0.6) is 0 Å². The van der Waals surface area contributed by atoms with Crippen molar-refractivity contribution in [2.45, 2.75) is 5.16 Å². The second-order valence-electron chi connectivity index (χ2n) is 4.47. The molecule has 6 heteroatoms. The lowest BCUT2D eigenvalue weighted by molar-refractivity contribution is 0.938. The molecule has 22 heavy (non-hydrogen) atoms. The first-order chi connectivity index (χ1) is 10.7. The Morgan fingerprint density at radius 2 is 2.09 bits per heavy atom. The van der Waals surface area contributed by atoms with Gasteiger partial charge in [-0.2, -0.15) is 5.26 Å². The molecule has 0 radical (unpaired) electrons. The molecule has 0 saturated carbocycles. The molecule has 3 aromatic rings. The molecular weight excluding hydrogens is 314 g/mol. The number of nitrogens with one attached hydrogen (secondary N) is 1. The SMILES string of the molecule is CSc1nc(-c2cccc(-c3cccs3)c2)c(C#N)c(=O)[nH]1. The Bertz CT molecular complexity index is 908. The first-order valence-electron chi connectivity index (χ1n) is 6.45. The summed E-state index contributed by atoms with van der Waals surface area (Å²) in [7, 11) is 0. The molecule has 0 bridgehead atoms. The molecule has 3 rings (SSSR count). The third kappa shape index (κ3) is 2.69. The molecule has 2 heterocycles. The fourth-order valence-corrected chi connectivity index (χ4v) is 3.23. The van der Waals surface area contributed by atoms with Gasteiger partial charge in [-0.1, -0.05) is 36.0 Å². The number of benzene rings is 1. The van der Waals surface area contributed by atoms with Crippen LogP contribution in [0.3, 0.4) is 0 Å². The zero-order chi connectivity index (χ0) is 15.5. The van der Waals surface area contributed by atoms with Gasteiger partial charge in [-0.15, -0.1) is 11.3 Å². The standard InChI is InChI=1S/C16H11N3OS2/c1-21-16-18-14(12(9-17)15(20)19-16)11-5-2-4-10(8-11)13-6-3-7-22-13/h2-8H,1H3,(H,18,19,20). The van der Waals surface area contributed by atoms with Gasteiger partial charge in [-0.3, -0.25) is 4.79 Å². The fraction of sp³-hybridized carbons (Fsp3) is 0.0625. The van der Waals surface area contributed by atoms with Crippen molar-refractivity contribution in [2.24, 2.45) is 0 Å². The largest absolute Gasteiger partial charge is 0.300 e. The predicted molar refractivity (Wildman–Crippen MR) is 90.1 cm³/mol. The Morgan fingerprint density at radius 3 is 2.77 bits per heavy atom. The van der Waals surface area contributed by atoms with Gasteiger partial charge in [0.25, 0.3) is 5.56 Å². The number of thioether (sulfide) groups is 1. The average Bonchev–Trinajstić information content (AvgIpc) is 3.08. The number of nitrogens with zero attached hydrogens (tertiary/aromatic N) is 2. The maximum absolute atomic E-state index is 12.0. The summed E-state index contributed by atoms with van der Waals surface area (Å²) in [4.78, 5) is 20.2. The summed E-state index contributed by atoms with van der Waals surface area (Å²) in [6.07, 6.45) is 1.83. The molecular formula is C16H11N3OS2. The normalized spacial score (nSPS) is 10.4. The molecule has 4 nitrogen and oxygen atoms in total. The highest BCUT2D eigenvalue weighted by Crippen LogP contribution is 2.29. The van der Waals surface area contributed by atoms with E-state index in [9.17, 15) is 10.1 Å². The zero-order valence-corrected chi connectivity index (χ0v) is 13.3. The quantitative estimate of drug-likeness (QED) is 0.588. The highest BCUT2D eigenvalue weighted by atomic mass is 32.2. The maximum Gasteiger partial charge on any atom is 0.270 e. The van der Waals surface area contributed by atoms with E-state index in [1.807, 2.05) is 54.1 Å². The first kappa shape index (κ1) is 14.6. The van der Waals surface area contributed by atoms with E-state index < -0.39 is 5.56 Å². The number of hydrogen-bond acceptors (Lipinski definition) is 5. The first-order valence-corrected chi connectivity index (χ1v) is 8.56. The van der Waals surface area contributed by atoms with Gasteiger partial charge < -0.3 is 4.98 Å². The maximum atomic E-state index is 12.0. The minimum absolute atomic E-state index is 0.0427. The summed E-state index contributed by atoms with van der Waals surface area (Å²) in [6.45, 7) is 0. The minimum atomic E-state index is -0.404. The molecule has 108 valence electrons. The van der Waals surface area contributed by atoms with Gasteiger partial charge in [-0.05, 0) is 29.3 Å². The van der Waals surface area contributed by atoms with Crippen LogP contribution < -0.4 is 5.56 Å². The molecule has 0 aliphatic rings. The van der Waals surface area contributed by atoms with Crippen LogP contribution in [-0.4, -0.2) is 16.2 Å². The van der Waals surface area contributed by atoms with E-state index >= 15 is 0 Å². The van der Waals surface area contributed by atoms with Gasteiger partial charge in [0.15, 0.2) is 5.16 Å². The van der Waals surface area contributed by atoms with E-state index in [1.165, 1.54) is 11.8 Å². The van der Waals surface area contributed by atoms with Crippen LogP contribution in [0.1, 0.15) is 5.56 Å². The van der Waals surface area contributed by atoms with E-state index in [1.54, 1.807) is 11.3 Å². The topological polar surface area (TPSA) is 69.5 Å². The summed E-state index contributed by atoms with van der Waals surface area (Å²) in [5, 5.41) is 11.8. The molecule has 0 atom stereocenters. The average molecular weight is 325 g/mol. The Morgan fingerprint density at radius 1 is 1.27 bits per heavy atom. The Balaban J connectivity index is 2.20. The van der Waals surface area contributed by atoms with Gasteiger partial charge >= 0.3 is 0 Å². The number of aromatic nitrogens is 2. The van der Waals surface area contributed by atoms with Gasteiger partial charge in [0, 0.05) is 10.4 Å². The van der Waals surface area contributed by atoms with Crippen LogP contribution in [-0.2, 0) is 0 Å². The lowest BCUT2D eigenvalue weighted by Gasteiger charge is -2.06. The Labute approximate surface area is 135 Å². The molecule has 0 aliphatic carbocycles. The summed E-state index contributed by atoms with van der Waals surface area (Å²) < 4.78 is 0. The van der Waals surface area contributed by atoms with Crippen LogP contribution in [0, 0.1) is 11.3 Å². The van der Waals surface area contributed by atoms with Gasteiger partial charge in [0.1, 0.15) is 11.6 Å². The van der Waals surface area contributed by atoms with Crippen LogP contribution in [0.15, 0.2) is 51.7 Å². The predicted octanol–water partition coefficient (Wildman–Crippen LogP) is 3.76. The van der Waals surface area contributed by atoms with Gasteiger partial charge in [-0.25, -0.2) is 4.98 Å². The van der Waals surface area contributed by atoms with E-state index in [-0.39, 0.29) is 5.56 Å². The van der Waals surface area contributed by atoms with E-state index in [0.717, 1.165) is 16.0 Å². The van der Waals surface area contributed by atoms with Gasteiger partial charge in [0.05, 0.1) is 5.69 Å². The van der Waals surface area contributed by atoms with Crippen LogP contribution >= 0.6 is 23.1 Å². The summed E-state index contributed by atoms with van der Waals surface area (Å²) >= 11 is 2.98.